The van der Waals surface area contributed by atoms with Gasteiger partial charge < -0.3 is 31.7 Å². The highest BCUT2D eigenvalue weighted by molar-refractivity contribution is 5.97. The molecular formula is C21H29N5O6. The quantitative estimate of drug-likeness (QED) is 0.305. The lowest BCUT2D eigenvalue weighted by molar-refractivity contribution is -0.134. The normalized spacial score (nSPS) is 26.9. The Labute approximate surface area is 185 Å². The number of carbonyl (C=O) groups excluding carboxylic acids is 5. The second-order valence-electron chi connectivity index (χ2n) is 7.72. The fraction of sp³-hybridized carbons (Fsp3) is 0.476. The van der Waals surface area contributed by atoms with Crippen LogP contribution in [0.25, 0.3) is 0 Å². The first-order valence-corrected chi connectivity index (χ1v) is 10.3. The molecular weight excluding hydrogens is 418 g/mol. The van der Waals surface area contributed by atoms with Gasteiger partial charge in [0.2, 0.25) is 29.5 Å². The van der Waals surface area contributed by atoms with Gasteiger partial charge in [0.15, 0.2) is 0 Å². The number of amides is 5. The Hall–Kier alpha value is -3.47. The standard InChI is InChI=1S/C21H29N5O6/c1-11-18(29)22-10-16(28)26-17(13(3)27)21(32)24-12(2)19(30)25-15(20(31)23-11)9-14-7-5-4-6-8-14/h4-8,11-13,15,17,27H,9-10H2,1-3H3,(H,22,29)(H,23,31)(H,24,32)(H,25,30)(H,26,28)/t11-,12-,13+,15-,17-/m0/s1. The summed E-state index contributed by atoms with van der Waals surface area (Å²) in [5, 5.41) is 22.1. The van der Waals surface area contributed by atoms with E-state index in [9.17, 15) is 29.1 Å². The van der Waals surface area contributed by atoms with Crippen molar-refractivity contribution in [3.05, 3.63) is 35.9 Å². The van der Waals surface area contributed by atoms with Crippen LogP contribution in [0.2, 0.25) is 0 Å². The van der Waals surface area contributed by atoms with E-state index in [2.05, 4.69) is 26.6 Å². The van der Waals surface area contributed by atoms with Crippen LogP contribution in [0, 0.1) is 0 Å². The molecule has 2 rings (SSSR count). The van der Waals surface area contributed by atoms with Gasteiger partial charge in [-0.3, -0.25) is 24.0 Å². The van der Waals surface area contributed by atoms with Crippen molar-refractivity contribution in [2.75, 3.05) is 6.54 Å². The van der Waals surface area contributed by atoms with Crippen molar-refractivity contribution >= 4 is 29.5 Å². The van der Waals surface area contributed by atoms with Crippen LogP contribution in [0.1, 0.15) is 26.3 Å². The zero-order valence-corrected chi connectivity index (χ0v) is 18.2. The lowest BCUT2D eigenvalue weighted by atomic mass is 10.0. The summed E-state index contributed by atoms with van der Waals surface area (Å²) in [4.78, 5) is 62.4. The molecule has 1 heterocycles. The van der Waals surface area contributed by atoms with Gasteiger partial charge in [-0.05, 0) is 26.3 Å². The molecule has 1 aromatic rings. The fourth-order valence-corrected chi connectivity index (χ4v) is 3.05. The Kier molecular flexibility index (Phi) is 8.71. The van der Waals surface area contributed by atoms with Gasteiger partial charge in [0.05, 0.1) is 12.6 Å². The van der Waals surface area contributed by atoms with Crippen LogP contribution in [0.3, 0.4) is 0 Å². The number of benzene rings is 1. The van der Waals surface area contributed by atoms with E-state index in [-0.39, 0.29) is 6.42 Å². The second-order valence-corrected chi connectivity index (χ2v) is 7.72. The van der Waals surface area contributed by atoms with E-state index >= 15 is 0 Å². The van der Waals surface area contributed by atoms with Crippen molar-refractivity contribution in [3.63, 3.8) is 0 Å². The van der Waals surface area contributed by atoms with Crippen molar-refractivity contribution in [2.45, 2.75) is 57.5 Å². The number of aliphatic hydroxyl groups is 1. The number of carbonyl (C=O) groups is 5. The third-order valence-electron chi connectivity index (χ3n) is 4.92. The average molecular weight is 447 g/mol. The maximum Gasteiger partial charge on any atom is 0.245 e. The molecule has 0 bridgehead atoms. The molecule has 1 fully saturated rings. The van der Waals surface area contributed by atoms with Crippen molar-refractivity contribution < 1.29 is 29.1 Å². The monoisotopic (exact) mass is 447 g/mol. The van der Waals surface area contributed by atoms with E-state index in [4.69, 9.17) is 0 Å². The molecule has 11 nitrogen and oxygen atoms in total. The first kappa shape index (κ1) is 24.8. The van der Waals surface area contributed by atoms with Crippen LogP contribution in [0.5, 0.6) is 0 Å². The van der Waals surface area contributed by atoms with E-state index < -0.39 is 66.4 Å². The highest BCUT2D eigenvalue weighted by Crippen LogP contribution is 2.05. The summed E-state index contributed by atoms with van der Waals surface area (Å²) in [6, 6.07) is 4.59. The van der Waals surface area contributed by atoms with Crippen LogP contribution in [0.4, 0.5) is 0 Å². The summed E-state index contributed by atoms with van der Waals surface area (Å²) < 4.78 is 0. The molecule has 0 aliphatic carbocycles. The van der Waals surface area contributed by atoms with Gasteiger partial charge in [0.1, 0.15) is 24.2 Å². The van der Waals surface area contributed by atoms with Crippen molar-refractivity contribution in [1.82, 2.24) is 26.6 Å². The minimum atomic E-state index is -1.34. The second kappa shape index (κ2) is 11.2. The molecule has 32 heavy (non-hydrogen) atoms. The molecule has 5 amide bonds. The van der Waals surface area contributed by atoms with Gasteiger partial charge in [0.25, 0.3) is 0 Å². The summed E-state index contributed by atoms with van der Waals surface area (Å²) in [6.45, 7) is 3.70. The number of hydrogen-bond donors (Lipinski definition) is 6. The Balaban J connectivity index is 2.29. The van der Waals surface area contributed by atoms with E-state index in [0.29, 0.717) is 0 Å². The lowest BCUT2D eigenvalue weighted by Gasteiger charge is -2.24. The number of rotatable bonds is 3. The minimum absolute atomic E-state index is 0.157. The third kappa shape index (κ3) is 7.05. The summed E-state index contributed by atoms with van der Waals surface area (Å²) in [5.74, 6) is -3.36. The number of aliphatic hydroxyl groups excluding tert-OH is 1. The highest BCUT2D eigenvalue weighted by atomic mass is 16.3. The SMILES string of the molecule is C[C@@H]1NC(=O)[C@H](Cc2ccccc2)NC(=O)[C@H](C)NC(=O)[C@H]([C@@H](C)O)NC(=O)CNC1=O. The van der Waals surface area contributed by atoms with E-state index in [1.807, 2.05) is 6.07 Å². The van der Waals surface area contributed by atoms with Gasteiger partial charge in [-0.1, -0.05) is 30.3 Å². The molecule has 0 saturated carbocycles. The van der Waals surface area contributed by atoms with Crippen LogP contribution in [-0.4, -0.2) is 71.5 Å². The summed E-state index contributed by atoms with van der Waals surface area (Å²) in [7, 11) is 0. The predicted octanol–water partition coefficient (Wildman–Crippen LogP) is -2.28. The van der Waals surface area contributed by atoms with E-state index in [1.165, 1.54) is 20.8 Å². The van der Waals surface area contributed by atoms with Crippen molar-refractivity contribution in [2.24, 2.45) is 0 Å². The molecule has 11 heteroatoms. The maximum absolute atomic E-state index is 12.8. The molecule has 1 aromatic carbocycles. The van der Waals surface area contributed by atoms with Gasteiger partial charge in [-0.2, -0.15) is 0 Å². The Morgan fingerprint density at radius 1 is 0.844 bits per heavy atom. The van der Waals surface area contributed by atoms with Gasteiger partial charge >= 0.3 is 0 Å². The Bertz CT molecular complexity index is 859. The highest BCUT2D eigenvalue weighted by Gasteiger charge is 2.31. The Morgan fingerprint density at radius 2 is 1.44 bits per heavy atom. The first-order valence-electron chi connectivity index (χ1n) is 10.3. The van der Waals surface area contributed by atoms with Crippen molar-refractivity contribution in [3.8, 4) is 0 Å². The molecule has 0 radical (unpaired) electrons. The fourth-order valence-electron chi connectivity index (χ4n) is 3.05. The van der Waals surface area contributed by atoms with E-state index in [0.717, 1.165) is 5.56 Å². The molecule has 0 aromatic heterocycles. The summed E-state index contributed by atoms with van der Waals surface area (Å²) in [6.07, 6.45) is -1.10. The lowest BCUT2D eigenvalue weighted by Crippen LogP contribution is -2.58. The first-order chi connectivity index (χ1) is 15.1. The molecule has 1 aliphatic heterocycles. The molecule has 1 saturated heterocycles. The topological polar surface area (TPSA) is 166 Å². The molecule has 0 spiro atoms. The smallest absolute Gasteiger partial charge is 0.245 e. The maximum atomic E-state index is 12.8. The predicted molar refractivity (Wildman–Crippen MR) is 114 cm³/mol. The van der Waals surface area contributed by atoms with E-state index in [1.54, 1.807) is 24.3 Å². The molecule has 0 unspecified atom stereocenters. The van der Waals surface area contributed by atoms with Gasteiger partial charge in [0, 0.05) is 6.42 Å². The summed E-state index contributed by atoms with van der Waals surface area (Å²) >= 11 is 0. The minimum Gasteiger partial charge on any atom is -0.391 e. The van der Waals surface area contributed by atoms with Crippen molar-refractivity contribution in [1.29, 1.82) is 0 Å². The van der Waals surface area contributed by atoms with Gasteiger partial charge in [-0.25, -0.2) is 0 Å². The number of hydrogen-bond acceptors (Lipinski definition) is 6. The largest absolute Gasteiger partial charge is 0.391 e. The summed E-state index contributed by atoms with van der Waals surface area (Å²) in [5.41, 5.74) is 0.781. The molecule has 5 atom stereocenters. The zero-order chi connectivity index (χ0) is 23.8. The van der Waals surface area contributed by atoms with Gasteiger partial charge in [-0.15, -0.1) is 0 Å². The van der Waals surface area contributed by atoms with Crippen LogP contribution < -0.4 is 26.6 Å². The van der Waals surface area contributed by atoms with Crippen LogP contribution >= 0.6 is 0 Å². The third-order valence-corrected chi connectivity index (χ3v) is 4.92. The Morgan fingerprint density at radius 3 is 2.06 bits per heavy atom. The molecule has 174 valence electrons. The van der Waals surface area contributed by atoms with Crippen LogP contribution in [-0.2, 0) is 30.4 Å². The number of nitrogens with one attached hydrogen (secondary N) is 5. The van der Waals surface area contributed by atoms with Crippen LogP contribution in [0.15, 0.2) is 30.3 Å². The molecule has 6 N–H and O–H groups in total. The molecule has 1 aliphatic rings. The zero-order valence-electron chi connectivity index (χ0n) is 18.2. The average Bonchev–Trinajstić information content (AvgIpc) is 2.74.